The van der Waals surface area contributed by atoms with Crippen molar-refractivity contribution in [1.29, 1.82) is 0 Å². The molecule has 1 aromatic carbocycles. The fourth-order valence-electron chi connectivity index (χ4n) is 3.56. The molecule has 1 saturated heterocycles. The van der Waals surface area contributed by atoms with E-state index in [0.29, 0.717) is 29.0 Å². The van der Waals surface area contributed by atoms with Gasteiger partial charge >= 0.3 is 0 Å². The number of nitrogens with zero attached hydrogens (tertiary/aromatic N) is 4. The van der Waals surface area contributed by atoms with Gasteiger partial charge in [-0.25, -0.2) is 9.98 Å². The lowest BCUT2D eigenvalue weighted by Crippen LogP contribution is -2.44. The highest BCUT2D eigenvalue weighted by Gasteiger charge is 2.25. The second kappa shape index (κ2) is 9.74. The first-order valence-corrected chi connectivity index (χ1v) is 10.6. The Kier molecular flexibility index (Phi) is 6.61. The number of guanidine groups is 1. The molecule has 0 bridgehead atoms. The number of H-pyrrole nitrogens is 1. The summed E-state index contributed by atoms with van der Waals surface area (Å²) in [6.07, 6.45) is 2.58. The van der Waals surface area contributed by atoms with Crippen LogP contribution in [0.15, 0.2) is 46.0 Å². The maximum absolute atomic E-state index is 6.20. The van der Waals surface area contributed by atoms with Gasteiger partial charge in [-0.3, -0.25) is 5.10 Å². The molecule has 1 aliphatic rings. The first-order chi connectivity index (χ1) is 15.2. The number of aromatic amines is 1. The molecule has 1 aliphatic heterocycles. The first kappa shape index (κ1) is 21.0. The number of aromatic nitrogens is 3. The molecule has 1 fully saturated rings. The number of ether oxygens (including phenoxy) is 1. The zero-order valence-corrected chi connectivity index (χ0v) is 18.3. The van der Waals surface area contributed by atoms with Crippen LogP contribution in [-0.4, -0.2) is 53.9 Å². The van der Waals surface area contributed by atoms with E-state index >= 15 is 0 Å². The predicted molar refractivity (Wildman–Crippen MR) is 121 cm³/mol. The SMILES string of the molecule is CCNC(=NCc1nc(-c2ccco2)n[nH]1)NC1CCN(c2cc(Cl)ccc2OC)C1. The number of benzene rings is 1. The molecule has 3 heterocycles. The molecule has 31 heavy (non-hydrogen) atoms. The standard InChI is InChI=1S/C21H26ClN7O2/c1-3-23-21(24-12-19-26-20(28-27-19)18-5-4-10-31-18)25-15-8-9-29(13-15)16-11-14(22)6-7-17(16)30-2/h4-7,10-11,15H,3,8-9,12-13H2,1-2H3,(H2,23,24,25)(H,26,27,28). The van der Waals surface area contributed by atoms with E-state index in [4.69, 9.17) is 20.8 Å². The number of methoxy groups -OCH3 is 1. The minimum atomic E-state index is 0.245. The molecule has 0 saturated carbocycles. The Morgan fingerprint density at radius 3 is 3.10 bits per heavy atom. The van der Waals surface area contributed by atoms with E-state index in [1.807, 2.05) is 31.2 Å². The van der Waals surface area contributed by atoms with Crippen LogP contribution in [0.1, 0.15) is 19.2 Å². The van der Waals surface area contributed by atoms with E-state index in [1.165, 1.54) is 0 Å². The number of hydrogen-bond acceptors (Lipinski definition) is 6. The summed E-state index contributed by atoms with van der Waals surface area (Å²) in [6.45, 7) is 4.91. The van der Waals surface area contributed by atoms with Crippen molar-refractivity contribution in [3.63, 3.8) is 0 Å². The Hall–Kier alpha value is -3.20. The average Bonchev–Trinajstić information content (AvgIpc) is 3.53. The van der Waals surface area contributed by atoms with Crippen LogP contribution in [0.3, 0.4) is 0 Å². The van der Waals surface area contributed by atoms with E-state index in [1.54, 1.807) is 19.4 Å². The molecule has 9 nitrogen and oxygen atoms in total. The second-order valence-electron chi connectivity index (χ2n) is 7.17. The maximum atomic E-state index is 6.20. The molecule has 0 radical (unpaired) electrons. The summed E-state index contributed by atoms with van der Waals surface area (Å²) in [5.41, 5.74) is 1.01. The number of rotatable bonds is 7. The normalized spacial score (nSPS) is 16.5. The molecule has 3 aromatic rings. The lowest BCUT2D eigenvalue weighted by molar-refractivity contribution is 0.415. The molecule has 0 aliphatic carbocycles. The quantitative estimate of drug-likeness (QED) is 0.381. The van der Waals surface area contributed by atoms with Crippen LogP contribution >= 0.6 is 11.6 Å². The zero-order valence-electron chi connectivity index (χ0n) is 17.6. The molecule has 2 aromatic heterocycles. The van der Waals surface area contributed by atoms with E-state index in [2.05, 4.69) is 35.7 Å². The fraction of sp³-hybridized carbons (Fsp3) is 0.381. The lowest BCUT2D eigenvalue weighted by atomic mass is 10.2. The van der Waals surface area contributed by atoms with Crippen LogP contribution < -0.4 is 20.3 Å². The largest absolute Gasteiger partial charge is 0.495 e. The molecular formula is C21H26ClN7O2. The topological polar surface area (TPSA) is 104 Å². The van der Waals surface area contributed by atoms with Crippen LogP contribution in [0, 0.1) is 0 Å². The van der Waals surface area contributed by atoms with Gasteiger partial charge in [-0.1, -0.05) is 11.6 Å². The summed E-state index contributed by atoms with van der Waals surface area (Å²) in [4.78, 5) is 11.4. The highest BCUT2D eigenvalue weighted by atomic mass is 35.5. The number of nitrogens with one attached hydrogen (secondary N) is 3. The number of hydrogen-bond donors (Lipinski definition) is 3. The second-order valence-corrected chi connectivity index (χ2v) is 7.61. The number of anilines is 1. The number of furan rings is 1. The van der Waals surface area contributed by atoms with Gasteiger partial charge in [-0.2, -0.15) is 0 Å². The molecule has 10 heteroatoms. The molecule has 3 N–H and O–H groups in total. The van der Waals surface area contributed by atoms with Crippen molar-refractivity contribution in [2.75, 3.05) is 31.6 Å². The van der Waals surface area contributed by atoms with Gasteiger partial charge in [0.25, 0.3) is 0 Å². The van der Waals surface area contributed by atoms with E-state index in [9.17, 15) is 0 Å². The Bertz CT molecular complexity index is 1020. The van der Waals surface area contributed by atoms with Gasteiger partial charge in [-0.05, 0) is 43.7 Å². The van der Waals surface area contributed by atoms with E-state index in [0.717, 1.165) is 43.5 Å². The third-order valence-electron chi connectivity index (χ3n) is 5.02. The summed E-state index contributed by atoms with van der Waals surface area (Å²) in [7, 11) is 1.68. The van der Waals surface area contributed by atoms with Crippen LogP contribution in [0.25, 0.3) is 11.6 Å². The number of aliphatic imine (C=N–C) groups is 1. The lowest BCUT2D eigenvalue weighted by Gasteiger charge is -2.22. The van der Waals surface area contributed by atoms with Crippen LogP contribution in [0.5, 0.6) is 5.75 Å². The summed E-state index contributed by atoms with van der Waals surface area (Å²) in [5, 5.41) is 14.6. The Morgan fingerprint density at radius 2 is 2.32 bits per heavy atom. The van der Waals surface area contributed by atoms with Gasteiger partial charge in [0.15, 0.2) is 11.7 Å². The van der Waals surface area contributed by atoms with Crippen molar-refractivity contribution >= 4 is 23.2 Å². The summed E-state index contributed by atoms with van der Waals surface area (Å²) in [6, 6.07) is 9.56. The van der Waals surface area contributed by atoms with Gasteiger partial charge in [-0.15, -0.1) is 5.10 Å². The first-order valence-electron chi connectivity index (χ1n) is 10.2. The van der Waals surface area contributed by atoms with Crippen LogP contribution in [-0.2, 0) is 6.54 Å². The molecule has 1 unspecified atom stereocenters. The summed E-state index contributed by atoms with van der Waals surface area (Å²) in [5.74, 6) is 3.38. The van der Waals surface area contributed by atoms with Crippen molar-refractivity contribution < 1.29 is 9.15 Å². The minimum Gasteiger partial charge on any atom is -0.495 e. The third kappa shape index (κ3) is 5.11. The van der Waals surface area contributed by atoms with Crippen molar-refractivity contribution in [2.45, 2.75) is 25.9 Å². The van der Waals surface area contributed by atoms with Crippen molar-refractivity contribution in [2.24, 2.45) is 4.99 Å². The van der Waals surface area contributed by atoms with Crippen molar-refractivity contribution in [1.82, 2.24) is 25.8 Å². The average molecular weight is 444 g/mol. The van der Waals surface area contributed by atoms with Gasteiger partial charge in [0.1, 0.15) is 18.1 Å². The van der Waals surface area contributed by atoms with Crippen molar-refractivity contribution in [3.05, 3.63) is 47.4 Å². The zero-order chi connectivity index (χ0) is 21.6. The maximum Gasteiger partial charge on any atom is 0.216 e. The molecule has 4 rings (SSSR count). The van der Waals surface area contributed by atoms with E-state index < -0.39 is 0 Å². The van der Waals surface area contributed by atoms with Gasteiger partial charge in [0.2, 0.25) is 5.82 Å². The van der Waals surface area contributed by atoms with Gasteiger partial charge in [0, 0.05) is 30.7 Å². The Balaban J connectivity index is 1.39. The van der Waals surface area contributed by atoms with E-state index in [-0.39, 0.29) is 6.04 Å². The van der Waals surface area contributed by atoms with Crippen LogP contribution in [0.4, 0.5) is 5.69 Å². The molecule has 0 spiro atoms. The predicted octanol–water partition coefficient (Wildman–Crippen LogP) is 3.06. The number of halogens is 1. The van der Waals surface area contributed by atoms with Gasteiger partial charge < -0.3 is 24.7 Å². The Labute approximate surface area is 185 Å². The van der Waals surface area contributed by atoms with Crippen LogP contribution in [0.2, 0.25) is 5.02 Å². The third-order valence-corrected chi connectivity index (χ3v) is 5.25. The molecule has 1 atom stereocenters. The monoisotopic (exact) mass is 443 g/mol. The Morgan fingerprint density at radius 1 is 1.42 bits per heavy atom. The highest BCUT2D eigenvalue weighted by molar-refractivity contribution is 6.30. The molecule has 0 amide bonds. The summed E-state index contributed by atoms with van der Waals surface area (Å²) >= 11 is 6.20. The van der Waals surface area contributed by atoms with Gasteiger partial charge in [0.05, 0.1) is 19.1 Å². The fourth-order valence-corrected chi connectivity index (χ4v) is 3.72. The smallest absolute Gasteiger partial charge is 0.216 e. The highest BCUT2D eigenvalue weighted by Crippen LogP contribution is 2.33. The summed E-state index contributed by atoms with van der Waals surface area (Å²) < 4.78 is 10.8. The van der Waals surface area contributed by atoms with Crippen molar-refractivity contribution in [3.8, 4) is 17.3 Å². The molecule has 164 valence electrons. The minimum absolute atomic E-state index is 0.245. The molecular weight excluding hydrogens is 418 g/mol.